The highest BCUT2D eigenvalue weighted by Crippen LogP contribution is 2.43. The van der Waals surface area contributed by atoms with Crippen LogP contribution >= 0.6 is 0 Å². The van der Waals surface area contributed by atoms with Crippen molar-refractivity contribution in [3.63, 3.8) is 0 Å². The molecule has 0 fully saturated rings. The lowest BCUT2D eigenvalue weighted by Gasteiger charge is -2.33. The van der Waals surface area contributed by atoms with Crippen molar-refractivity contribution >= 4 is 12.1 Å². The number of amides is 1. The third kappa shape index (κ3) is 4.04. The second kappa shape index (κ2) is 8.01. The van der Waals surface area contributed by atoms with E-state index in [1.165, 1.54) is 13.4 Å². The van der Waals surface area contributed by atoms with Gasteiger partial charge in [-0.3, -0.25) is 0 Å². The number of allylic oxidation sites excluding steroid dienone is 1. The summed E-state index contributed by atoms with van der Waals surface area (Å²) < 4.78 is 20.5. The van der Waals surface area contributed by atoms with Crippen LogP contribution in [0.15, 0.2) is 23.5 Å². The zero-order valence-corrected chi connectivity index (χ0v) is 13.7. The number of carbonyl (C=O) groups excluding carboxylic acids is 2. The zero-order chi connectivity index (χ0) is 16.8. The highest BCUT2D eigenvalue weighted by molar-refractivity contribution is 5.89. The van der Waals surface area contributed by atoms with Gasteiger partial charge in [0.2, 0.25) is 0 Å². The molecule has 0 aromatic carbocycles. The number of methoxy groups -OCH3 is 2. The molecule has 1 N–H and O–H groups in total. The van der Waals surface area contributed by atoms with Gasteiger partial charge in [0.1, 0.15) is 0 Å². The summed E-state index contributed by atoms with van der Waals surface area (Å²) in [5, 5.41) is 2.65. The Hall–Kier alpha value is -2.02. The van der Waals surface area contributed by atoms with E-state index in [1.54, 1.807) is 7.11 Å². The maximum absolute atomic E-state index is 11.9. The van der Waals surface area contributed by atoms with Gasteiger partial charge in [0, 0.05) is 26.2 Å². The lowest BCUT2D eigenvalue weighted by Crippen LogP contribution is -2.40. The van der Waals surface area contributed by atoms with Gasteiger partial charge in [-0.25, -0.2) is 9.59 Å². The first-order chi connectivity index (χ1) is 11.1. The fraction of sp³-hybridized carbons (Fsp3) is 0.625. The number of hydrogen-bond acceptors (Lipinski definition) is 6. The minimum Gasteiger partial charge on any atom is -0.466 e. The average molecular weight is 325 g/mol. The summed E-state index contributed by atoms with van der Waals surface area (Å²) >= 11 is 0. The van der Waals surface area contributed by atoms with E-state index < -0.39 is 18.4 Å². The number of ether oxygens (including phenoxy) is 4. The van der Waals surface area contributed by atoms with Crippen LogP contribution in [-0.2, 0) is 23.7 Å². The van der Waals surface area contributed by atoms with Gasteiger partial charge < -0.3 is 24.3 Å². The Kier molecular flexibility index (Phi) is 6.04. The maximum atomic E-state index is 11.9. The molecule has 0 saturated heterocycles. The monoisotopic (exact) mass is 325 g/mol. The summed E-state index contributed by atoms with van der Waals surface area (Å²) in [5.74, 6) is -0.660. The molecule has 23 heavy (non-hydrogen) atoms. The van der Waals surface area contributed by atoms with Crippen LogP contribution in [0.25, 0.3) is 0 Å². The lowest BCUT2D eigenvalue weighted by molar-refractivity contribution is -0.141. The van der Waals surface area contributed by atoms with Crippen molar-refractivity contribution in [2.45, 2.75) is 26.1 Å². The second-order valence-electron chi connectivity index (χ2n) is 5.56. The third-order valence-corrected chi connectivity index (χ3v) is 4.11. The number of esters is 1. The summed E-state index contributed by atoms with van der Waals surface area (Å²) in [6.07, 6.45) is 3.51. The van der Waals surface area contributed by atoms with Crippen LogP contribution in [0.4, 0.5) is 4.79 Å². The fourth-order valence-corrected chi connectivity index (χ4v) is 2.92. The van der Waals surface area contributed by atoms with Crippen molar-refractivity contribution < 1.29 is 28.5 Å². The van der Waals surface area contributed by atoms with E-state index in [-0.39, 0.29) is 11.8 Å². The molecule has 3 atom stereocenters. The van der Waals surface area contributed by atoms with Gasteiger partial charge in [0.15, 0.2) is 0 Å². The van der Waals surface area contributed by atoms with Gasteiger partial charge >= 0.3 is 12.1 Å². The molecule has 0 spiro atoms. The van der Waals surface area contributed by atoms with E-state index >= 15 is 0 Å². The Morgan fingerprint density at radius 3 is 2.87 bits per heavy atom. The first-order valence-corrected chi connectivity index (χ1v) is 7.62. The summed E-state index contributed by atoms with van der Waals surface area (Å²) in [6, 6.07) is 0. The molecule has 2 rings (SSSR count). The first-order valence-electron chi connectivity index (χ1n) is 7.62. The number of rotatable bonds is 6. The normalized spacial score (nSPS) is 25.6. The Morgan fingerprint density at radius 1 is 1.39 bits per heavy atom. The summed E-state index contributed by atoms with van der Waals surface area (Å²) in [7, 11) is 2.94. The third-order valence-electron chi connectivity index (χ3n) is 4.11. The van der Waals surface area contributed by atoms with Gasteiger partial charge in [-0.2, -0.15) is 0 Å². The van der Waals surface area contributed by atoms with E-state index in [4.69, 9.17) is 18.9 Å². The number of hydrogen-bond donors (Lipinski definition) is 1. The van der Waals surface area contributed by atoms with Crippen LogP contribution in [0, 0.1) is 11.8 Å². The van der Waals surface area contributed by atoms with Crippen LogP contribution in [0.2, 0.25) is 0 Å². The fourth-order valence-electron chi connectivity index (χ4n) is 2.92. The largest absolute Gasteiger partial charge is 0.466 e. The molecule has 3 unspecified atom stereocenters. The van der Waals surface area contributed by atoms with Crippen LogP contribution in [-0.4, -0.2) is 45.7 Å². The molecule has 0 aromatic rings. The van der Waals surface area contributed by atoms with Crippen LogP contribution < -0.4 is 5.32 Å². The van der Waals surface area contributed by atoms with E-state index in [0.29, 0.717) is 31.6 Å². The molecule has 1 amide bonds. The molecule has 2 aliphatic rings. The van der Waals surface area contributed by atoms with Gasteiger partial charge in [-0.1, -0.05) is 11.6 Å². The Morgan fingerprint density at radius 2 is 2.17 bits per heavy atom. The van der Waals surface area contributed by atoms with E-state index in [9.17, 15) is 9.59 Å². The van der Waals surface area contributed by atoms with E-state index in [1.807, 2.05) is 13.0 Å². The predicted octanol–water partition coefficient (Wildman–Crippen LogP) is 1.74. The minimum atomic E-state index is -0.741. The minimum absolute atomic E-state index is 0.0810. The van der Waals surface area contributed by atoms with Crippen molar-refractivity contribution in [1.82, 2.24) is 5.32 Å². The standard InChI is InChI=1S/C16H23NO6/c1-10-5-6-11-12(14(18)21-3)9-22-15(13(10)11)23-16(19)17-7-4-8-20-2/h5,9,11,13,15H,4,6-8H2,1-3H3,(H,17,19). The van der Waals surface area contributed by atoms with Crippen molar-refractivity contribution in [3.8, 4) is 0 Å². The van der Waals surface area contributed by atoms with Crippen LogP contribution in [0.3, 0.4) is 0 Å². The van der Waals surface area contributed by atoms with Crippen LogP contribution in [0.1, 0.15) is 19.8 Å². The molecular weight excluding hydrogens is 302 g/mol. The predicted molar refractivity (Wildman–Crippen MR) is 81.3 cm³/mol. The van der Waals surface area contributed by atoms with Crippen molar-refractivity contribution in [3.05, 3.63) is 23.5 Å². The highest BCUT2D eigenvalue weighted by Gasteiger charge is 2.44. The molecule has 0 aromatic heterocycles. The van der Waals surface area contributed by atoms with Crippen molar-refractivity contribution in [1.29, 1.82) is 0 Å². The van der Waals surface area contributed by atoms with Crippen molar-refractivity contribution in [2.24, 2.45) is 11.8 Å². The zero-order valence-electron chi connectivity index (χ0n) is 13.7. The molecule has 0 saturated carbocycles. The van der Waals surface area contributed by atoms with Gasteiger partial charge in [-0.15, -0.1) is 0 Å². The van der Waals surface area contributed by atoms with Crippen molar-refractivity contribution in [2.75, 3.05) is 27.4 Å². The summed E-state index contributed by atoms with van der Waals surface area (Å²) in [6.45, 7) is 2.98. The number of fused-ring (bicyclic) bond motifs is 1. The summed E-state index contributed by atoms with van der Waals surface area (Å²) in [4.78, 5) is 23.7. The molecule has 128 valence electrons. The molecule has 0 bridgehead atoms. The molecule has 1 aliphatic carbocycles. The Bertz CT molecular complexity index is 513. The topological polar surface area (TPSA) is 83.1 Å². The number of carbonyl (C=O) groups is 2. The van der Waals surface area contributed by atoms with Gasteiger partial charge in [-0.05, 0) is 19.8 Å². The van der Waals surface area contributed by atoms with Gasteiger partial charge in [0.25, 0.3) is 6.29 Å². The number of nitrogens with one attached hydrogen (secondary N) is 1. The summed E-state index contributed by atoms with van der Waals surface area (Å²) in [5.41, 5.74) is 1.52. The SMILES string of the molecule is COCCCNC(=O)OC1OC=C(C(=O)OC)C2CC=C(C)C12. The molecular formula is C16H23NO6. The highest BCUT2D eigenvalue weighted by atomic mass is 16.7. The van der Waals surface area contributed by atoms with E-state index in [0.717, 1.165) is 5.57 Å². The molecule has 7 nitrogen and oxygen atoms in total. The Balaban J connectivity index is 1.97. The quantitative estimate of drug-likeness (QED) is 0.455. The molecule has 1 heterocycles. The van der Waals surface area contributed by atoms with Gasteiger partial charge in [0.05, 0.1) is 24.9 Å². The molecule has 1 aliphatic heterocycles. The Labute approximate surface area is 135 Å². The number of alkyl carbamates (subject to hydrolysis) is 1. The van der Waals surface area contributed by atoms with Crippen LogP contribution in [0.5, 0.6) is 0 Å². The smallest absolute Gasteiger partial charge is 0.410 e. The lowest BCUT2D eigenvalue weighted by atomic mass is 9.84. The molecule has 0 radical (unpaired) electrons. The average Bonchev–Trinajstić information content (AvgIpc) is 2.94. The molecule has 7 heteroatoms. The van der Waals surface area contributed by atoms with E-state index in [2.05, 4.69) is 5.32 Å². The second-order valence-corrected chi connectivity index (χ2v) is 5.56. The first kappa shape index (κ1) is 17.3. The maximum Gasteiger partial charge on any atom is 0.410 e.